The molecule has 2 aliphatic rings. The highest BCUT2D eigenvalue weighted by Crippen LogP contribution is 2.21. The summed E-state index contributed by atoms with van der Waals surface area (Å²) in [6.45, 7) is 0.250. The molecule has 2 heterocycles. The highest BCUT2D eigenvalue weighted by molar-refractivity contribution is 5.98. The maximum Gasteiger partial charge on any atom is 0.328 e. The van der Waals surface area contributed by atoms with E-state index in [9.17, 15) is 19.5 Å². The average molecular weight is 344 g/mol. The number of ether oxygens (including phenoxy) is 1. The lowest BCUT2D eigenvalue weighted by Gasteiger charge is -2.42. The summed E-state index contributed by atoms with van der Waals surface area (Å²) in [6.07, 6.45) is 4.61. The summed E-state index contributed by atoms with van der Waals surface area (Å²) in [5.41, 5.74) is 0.453. The van der Waals surface area contributed by atoms with Crippen LogP contribution in [0.4, 0.5) is 0 Å². The van der Waals surface area contributed by atoms with Gasteiger partial charge in [-0.15, -0.1) is 0 Å². The van der Waals surface area contributed by atoms with Crippen molar-refractivity contribution in [2.45, 2.75) is 31.0 Å². The summed E-state index contributed by atoms with van der Waals surface area (Å²) in [5, 5.41) is 12.2. The Hall–Kier alpha value is -2.67. The molecule has 0 unspecified atom stereocenters. The monoisotopic (exact) mass is 344 g/mol. The number of benzene rings is 1. The molecule has 3 atom stereocenters. The van der Waals surface area contributed by atoms with Crippen LogP contribution in [0.1, 0.15) is 23.2 Å². The predicted octanol–water partition coefficient (Wildman–Crippen LogP) is 0.816. The van der Waals surface area contributed by atoms with E-state index in [1.807, 2.05) is 12.2 Å². The van der Waals surface area contributed by atoms with Crippen LogP contribution in [0.5, 0.6) is 0 Å². The summed E-state index contributed by atoms with van der Waals surface area (Å²) >= 11 is 0. The van der Waals surface area contributed by atoms with Crippen molar-refractivity contribution >= 4 is 17.8 Å². The van der Waals surface area contributed by atoms with Crippen molar-refractivity contribution in [3.8, 4) is 0 Å². The largest absolute Gasteiger partial charge is 0.480 e. The van der Waals surface area contributed by atoms with Gasteiger partial charge in [-0.25, -0.2) is 4.79 Å². The number of morpholine rings is 1. The first-order valence-electron chi connectivity index (χ1n) is 8.21. The van der Waals surface area contributed by atoms with Crippen molar-refractivity contribution in [3.63, 3.8) is 0 Å². The zero-order valence-electron chi connectivity index (χ0n) is 13.6. The van der Waals surface area contributed by atoms with Gasteiger partial charge in [-0.2, -0.15) is 0 Å². The van der Waals surface area contributed by atoms with Gasteiger partial charge in [0.15, 0.2) is 6.04 Å². The molecule has 0 saturated carbocycles. The van der Waals surface area contributed by atoms with Crippen LogP contribution in [-0.4, -0.2) is 59.1 Å². The first-order valence-corrected chi connectivity index (χ1v) is 8.21. The molecule has 0 aromatic heterocycles. The molecule has 3 rings (SSSR count). The topological polar surface area (TPSA) is 95.9 Å². The number of carboxylic acids is 1. The van der Waals surface area contributed by atoms with Gasteiger partial charge >= 0.3 is 5.97 Å². The van der Waals surface area contributed by atoms with Gasteiger partial charge in [-0.05, 0) is 25.0 Å². The molecule has 0 bridgehead atoms. The highest BCUT2D eigenvalue weighted by atomic mass is 16.5. The number of amides is 2. The minimum Gasteiger partial charge on any atom is -0.480 e. The minimum atomic E-state index is -1.10. The second kappa shape index (κ2) is 7.48. The van der Waals surface area contributed by atoms with E-state index in [0.29, 0.717) is 25.0 Å². The van der Waals surface area contributed by atoms with Gasteiger partial charge in [0.2, 0.25) is 5.91 Å². The van der Waals surface area contributed by atoms with Crippen molar-refractivity contribution in [2.75, 3.05) is 13.2 Å². The van der Waals surface area contributed by atoms with E-state index < -0.39 is 18.1 Å². The number of hydrogen-bond donors (Lipinski definition) is 2. The molecule has 1 aromatic carbocycles. The summed E-state index contributed by atoms with van der Waals surface area (Å²) in [5.74, 6) is -1.84. The second-order valence-corrected chi connectivity index (χ2v) is 6.13. The lowest BCUT2D eigenvalue weighted by molar-refractivity contribution is -0.164. The van der Waals surface area contributed by atoms with E-state index >= 15 is 0 Å². The average Bonchev–Trinajstić information content (AvgIpc) is 2.62. The maximum absolute atomic E-state index is 13.0. The van der Waals surface area contributed by atoms with Crippen molar-refractivity contribution in [1.82, 2.24) is 10.2 Å². The Morgan fingerprint density at radius 3 is 2.56 bits per heavy atom. The number of hydrogen-bond acceptors (Lipinski definition) is 4. The molecule has 7 heteroatoms. The lowest BCUT2D eigenvalue weighted by atomic mass is 10.00. The van der Waals surface area contributed by atoms with Crippen LogP contribution < -0.4 is 5.32 Å². The van der Waals surface area contributed by atoms with Gasteiger partial charge < -0.3 is 20.1 Å². The smallest absolute Gasteiger partial charge is 0.328 e. The fourth-order valence-electron chi connectivity index (χ4n) is 3.15. The minimum absolute atomic E-state index is 0.0410. The fraction of sp³-hybridized carbons (Fsp3) is 0.389. The zero-order chi connectivity index (χ0) is 17.8. The number of carboxylic acid groups (broad SMARTS) is 1. The molecule has 0 radical (unpaired) electrons. The Kier molecular flexibility index (Phi) is 5.14. The van der Waals surface area contributed by atoms with Gasteiger partial charge in [0, 0.05) is 5.56 Å². The first-order chi connectivity index (χ1) is 12.1. The molecule has 132 valence electrons. The summed E-state index contributed by atoms with van der Waals surface area (Å²) < 4.78 is 5.35. The van der Waals surface area contributed by atoms with Gasteiger partial charge in [-0.3, -0.25) is 9.59 Å². The molecule has 0 aliphatic carbocycles. The standard InChI is InChI=1S/C18H20N2O5/c21-16(12-6-2-1-3-7-12)19-14-9-5-4-8-13-10-25-11-15(18(23)24)20(13)17(14)22/h1-7,13-15H,8-11H2,(H,19,21)(H,23,24)/b5-4-/t13-,14-,15-/m0/s1. The number of carbonyl (C=O) groups is 3. The maximum atomic E-state index is 13.0. The third-order valence-electron chi connectivity index (χ3n) is 4.44. The molecular formula is C18H20N2O5. The fourth-order valence-corrected chi connectivity index (χ4v) is 3.15. The van der Waals surface area contributed by atoms with E-state index in [1.165, 1.54) is 4.90 Å². The molecule has 2 N–H and O–H groups in total. The van der Waals surface area contributed by atoms with Crippen LogP contribution in [-0.2, 0) is 14.3 Å². The van der Waals surface area contributed by atoms with Gasteiger partial charge in [0.25, 0.3) is 5.91 Å². The Bertz CT molecular complexity index is 688. The van der Waals surface area contributed by atoms with Crippen LogP contribution in [0, 0.1) is 0 Å². The second-order valence-electron chi connectivity index (χ2n) is 6.13. The number of nitrogens with zero attached hydrogens (tertiary/aromatic N) is 1. The molecule has 1 saturated heterocycles. The van der Waals surface area contributed by atoms with E-state index in [4.69, 9.17) is 4.74 Å². The normalized spacial score (nSPS) is 27.6. The molecule has 1 fully saturated rings. The third kappa shape index (κ3) is 3.71. The lowest BCUT2D eigenvalue weighted by Crippen LogP contribution is -2.62. The molecule has 1 aromatic rings. The van der Waals surface area contributed by atoms with Gasteiger partial charge in [0.05, 0.1) is 19.3 Å². The first kappa shape index (κ1) is 17.2. The Morgan fingerprint density at radius 1 is 1.12 bits per heavy atom. The van der Waals surface area contributed by atoms with Crippen LogP contribution in [0.15, 0.2) is 42.5 Å². The molecule has 2 amide bonds. The summed E-state index contributed by atoms with van der Waals surface area (Å²) in [4.78, 5) is 38.2. The van der Waals surface area contributed by atoms with E-state index in [0.717, 1.165) is 0 Å². The Balaban J connectivity index is 1.82. The summed E-state index contributed by atoms with van der Waals surface area (Å²) in [7, 11) is 0. The van der Waals surface area contributed by atoms with E-state index in [2.05, 4.69) is 5.32 Å². The SMILES string of the molecule is O=C(N[C@H]1C/C=C\C[C@H]2COC[C@@H](C(=O)O)N2C1=O)c1ccccc1. The zero-order valence-corrected chi connectivity index (χ0v) is 13.6. The number of aliphatic carboxylic acids is 1. The van der Waals surface area contributed by atoms with Gasteiger partial charge in [0.1, 0.15) is 6.04 Å². The Labute approximate surface area is 145 Å². The van der Waals surface area contributed by atoms with Crippen molar-refractivity contribution < 1.29 is 24.2 Å². The molecule has 25 heavy (non-hydrogen) atoms. The predicted molar refractivity (Wildman–Crippen MR) is 88.9 cm³/mol. The van der Waals surface area contributed by atoms with E-state index in [-0.39, 0.29) is 24.5 Å². The molecule has 0 spiro atoms. The number of fused-ring (bicyclic) bond motifs is 1. The third-order valence-corrected chi connectivity index (χ3v) is 4.44. The molecule has 7 nitrogen and oxygen atoms in total. The molecule has 2 aliphatic heterocycles. The summed E-state index contributed by atoms with van der Waals surface area (Å²) in [6, 6.07) is 6.44. The highest BCUT2D eigenvalue weighted by Gasteiger charge is 2.41. The number of carbonyl (C=O) groups excluding carboxylic acids is 2. The van der Waals surface area contributed by atoms with Crippen molar-refractivity contribution in [2.24, 2.45) is 0 Å². The van der Waals surface area contributed by atoms with Crippen LogP contribution in [0.2, 0.25) is 0 Å². The quantitative estimate of drug-likeness (QED) is 0.792. The Morgan fingerprint density at radius 2 is 1.84 bits per heavy atom. The van der Waals surface area contributed by atoms with Crippen molar-refractivity contribution in [1.29, 1.82) is 0 Å². The number of nitrogens with one attached hydrogen (secondary N) is 1. The van der Waals surface area contributed by atoms with Crippen LogP contribution in [0.3, 0.4) is 0 Å². The van der Waals surface area contributed by atoms with Crippen molar-refractivity contribution in [3.05, 3.63) is 48.0 Å². The van der Waals surface area contributed by atoms with E-state index in [1.54, 1.807) is 30.3 Å². The van der Waals surface area contributed by atoms with Crippen LogP contribution in [0.25, 0.3) is 0 Å². The van der Waals surface area contributed by atoms with Crippen LogP contribution >= 0.6 is 0 Å². The number of rotatable bonds is 3. The van der Waals surface area contributed by atoms with Gasteiger partial charge in [-0.1, -0.05) is 30.4 Å². The molecular weight excluding hydrogens is 324 g/mol.